The van der Waals surface area contributed by atoms with E-state index in [4.69, 9.17) is 16.1 Å². The van der Waals surface area contributed by atoms with Crippen LogP contribution in [-0.4, -0.2) is 10.9 Å². The Morgan fingerprint density at radius 2 is 1.32 bits per heavy atom. The predicted octanol–water partition coefficient (Wildman–Crippen LogP) is 6.17. The van der Waals surface area contributed by atoms with Gasteiger partial charge in [0.2, 0.25) is 0 Å². The quantitative estimate of drug-likeness (QED) is 0.388. The van der Waals surface area contributed by atoms with Crippen molar-refractivity contribution in [2.45, 2.75) is 0 Å². The van der Waals surface area contributed by atoms with Crippen molar-refractivity contribution in [3.8, 4) is 22.6 Å². The van der Waals surface area contributed by atoms with Gasteiger partial charge in [-0.2, -0.15) is 0 Å². The van der Waals surface area contributed by atoms with Crippen LogP contribution in [0.3, 0.4) is 0 Å². The van der Waals surface area contributed by atoms with Crippen molar-refractivity contribution >= 4 is 17.4 Å². The lowest BCUT2D eigenvalue weighted by molar-refractivity contribution is 0.103. The molecule has 0 spiro atoms. The van der Waals surface area contributed by atoms with E-state index in [1.165, 1.54) is 48.5 Å². The molecule has 138 valence electrons. The second-order valence-electron chi connectivity index (χ2n) is 6.09. The summed E-state index contributed by atoms with van der Waals surface area (Å²) < 4.78 is 32.0. The van der Waals surface area contributed by atoms with Gasteiger partial charge in [-0.15, -0.1) is 0 Å². The zero-order chi connectivity index (χ0) is 19.7. The van der Waals surface area contributed by atoms with Crippen LogP contribution in [0.4, 0.5) is 8.78 Å². The minimum absolute atomic E-state index is 0.208. The molecule has 3 aromatic carbocycles. The molecule has 4 aromatic rings. The monoisotopic (exact) mass is 395 g/mol. The van der Waals surface area contributed by atoms with Crippen molar-refractivity contribution in [1.29, 1.82) is 0 Å². The molecule has 0 N–H and O–H groups in total. The molecule has 1 aromatic heterocycles. The molecule has 0 fully saturated rings. The third-order valence-electron chi connectivity index (χ3n) is 4.25. The van der Waals surface area contributed by atoms with Crippen molar-refractivity contribution in [2.75, 3.05) is 0 Å². The minimum atomic E-state index is -0.446. The maximum atomic E-state index is 13.3. The molecular formula is C22H12ClF2NO2. The van der Waals surface area contributed by atoms with Gasteiger partial charge in [0, 0.05) is 21.7 Å². The summed E-state index contributed by atoms with van der Waals surface area (Å²) in [5, 5.41) is 4.61. The molecule has 0 unspecified atom stereocenters. The van der Waals surface area contributed by atoms with Crippen LogP contribution in [0.15, 0.2) is 77.3 Å². The normalized spacial score (nSPS) is 10.8. The van der Waals surface area contributed by atoms with Crippen LogP contribution < -0.4 is 0 Å². The van der Waals surface area contributed by atoms with E-state index in [1.807, 2.05) is 0 Å². The summed E-state index contributed by atoms with van der Waals surface area (Å²) in [6, 6.07) is 17.5. The van der Waals surface area contributed by atoms with E-state index in [1.54, 1.807) is 24.3 Å². The third-order valence-corrected chi connectivity index (χ3v) is 4.50. The van der Waals surface area contributed by atoms with E-state index in [9.17, 15) is 13.6 Å². The molecule has 28 heavy (non-hydrogen) atoms. The number of nitrogens with zero attached hydrogens (tertiary/aromatic N) is 1. The zero-order valence-corrected chi connectivity index (χ0v) is 15.1. The molecular weight excluding hydrogens is 384 g/mol. The second kappa shape index (κ2) is 7.37. The molecule has 0 aliphatic rings. The van der Waals surface area contributed by atoms with E-state index in [-0.39, 0.29) is 22.7 Å². The van der Waals surface area contributed by atoms with Crippen LogP contribution in [0.25, 0.3) is 22.6 Å². The van der Waals surface area contributed by atoms with Gasteiger partial charge in [-0.05, 0) is 60.7 Å². The highest BCUT2D eigenvalue weighted by Gasteiger charge is 2.26. The van der Waals surface area contributed by atoms with Crippen LogP contribution in [-0.2, 0) is 0 Å². The maximum Gasteiger partial charge on any atom is 0.199 e. The Balaban J connectivity index is 1.90. The van der Waals surface area contributed by atoms with E-state index >= 15 is 0 Å². The van der Waals surface area contributed by atoms with Crippen LogP contribution in [0.5, 0.6) is 0 Å². The number of rotatable bonds is 4. The number of benzene rings is 3. The molecule has 0 bridgehead atoms. The van der Waals surface area contributed by atoms with Crippen molar-refractivity contribution in [3.63, 3.8) is 0 Å². The smallest absolute Gasteiger partial charge is 0.199 e. The summed E-state index contributed by atoms with van der Waals surface area (Å²) in [5.41, 5.74) is 1.94. The lowest BCUT2D eigenvalue weighted by Crippen LogP contribution is -2.04. The molecule has 0 aliphatic heterocycles. The largest absolute Gasteiger partial charge is 0.355 e. The van der Waals surface area contributed by atoms with Gasteiger partial charge < -0.3 is 4.52 Å². The number of aromatic nitrogens is 1. The molecule has 0 atom stereocenters. The molecule has 0 radical (unpaired) electrons. The first-order valence-electron chi connectivity index (χ1n) is 8.35. The molecule has 1 heterocycles. The molecule has 3 nitrogen and oxygen atoms in total. The summed E-state index contributed by atoms with van der Waals surface area (Å²) >= 11 is 5.95. The van der Waals surface area contributed by atoms with Crippen LogP contribution >= 0.6 is 11.6 Å². The highest BCUT2D eigenvalue weighted by molar-refractivity contribution is 6.30. The molecule has 0 saturated heterocycles. The predicted molar refractivity (Wildman–Crippen MR) is 102 cm³/mol. The molecule has 6 heteroatoms. The Morgan fingerprint density at radius 3 is 1.93 bits per heavy atom. The Hall–Kier alpha value is -3.31. The number of carbonyl (C=O) groups is 1. The highest BCUT2D eigenvalue weighted by atomic mass is 35.5. The first-order valence-corrected chi connectivity index (χ1v) is 8.72. The fraction of sp³-hybridized carbons (Fsp3) is 0. The van der Waals surface area contributed by atoms with Gasteiger partial charge in [0.1, 0.15) is 17.3 Å². The topological polar surface area (TPSA) is 43.1 Å². The van der Waals surface area contributed by atoms with Crippen LogP contribution in [0.2, 0.25) is 5.02 Å². The van der Waals surface area contributed by atoms with Gasteiger partial charge in [-0.25, -0.2) is 8.78 Å². The van der Waals surface area contributed by atoms with E-state index in [0.29, 0.717) is 21.8 Å². The zero-order valence-electron chi connectivity index (χ0n) is 14.3. The van der Waals surface area contributed by atoms with Gasteiger partial charge in [0.15, 0.2) is 11.5 Å². The summed E-state index contributed by atoms with van der Waals surface area (Å²) in [4.78, 5) is 13.2. The average molecular weight is 396 g/mol. The standard InChI is InChI=1S/C22H12ClF2NO2/c23-16-7-1-13(2-8-16)20-19(21(27)14-3-9-17(24)10-4-14)22(28-26-20)15-5-11-18(25)12-6-15/h1-12H. The summed E-state index contributed by atoms with van der Waals surface area (Å²) in [6.45, 7) is 0. The lowest BCUT2D eigenvalue weighted by atomic mass is 9.95. The second-order valence-corrected chi connectivity index (χ2v) is 6.52. The fourth-order valence-electron chi connectivity index (χ4n) is 2.85. The Labute approximate surface area is 164 Å². The van der Waals surface area contributed by atoms with Crippen LogP contribution in [0, 0.1) is 11.6 Å². The van der Waals surface area contributed by atoms with Gasteiger partial charge >= 0.3 is 0 Å². The molecule has 0 amide bonds. The van der Waals surface area contributed by atoms with E-state index < -0.39 is 11.6 Å². The SMILES string of the molecule is O=C(c1ccc(F)cc1)c1c(-c2ccc(Cl)cc2)noc1-c1ccc(F)cc1. The van der Waals surface area contributed by atoms with Gasteiger partial charge in [-0.1, -0.05) is 28.9 Å². The average Bonchev–Trinajstić information content (AvgIpc) is 3.14. The maximum absolute atomic E-state index is 13.3. The van der Waals surface area contributed by atoms with Crippen molar-refractivity contribution in [2.24, 2.45) is 0 Å². The summed E-state index contributed by atoms with van der Waals surface area (Å²) in [5.74, 6) is -1.03. The molecule has 0 saturated carbocycles. The Morgan fingerprint density at radius 1 is 0.786 bits per heavy atom. The summed E-state index contributed by atoms with van der Waals surface area (Å²) in [7, 11) is 0. The number of halogens is 3. The minimum Gasteiger partial charge on any atom is -0.355 e. The third kappa shape index (κ3) is 3.44. The first kappa shape index (κ1) is 18.1. The summed E-state index contributed by atoms with van der Waals surface area (Å²) in [6.07, 6.45) is 0. The van der Waals surface area contributed by atoms with Gasteiger partial charge in [-0.3, -0.25) is 4.79 Å². The number of hydrogen-bond donors (Lipinski definition) is 0. The van der Waals surface area contributed by atoms with Gasteiger partial charge in [0.05, 0.1) is 5.56 Å². The highest BCUT2D eigenvalue weighted by Crippen LogP contribution is 2.34. The fourth-order valence-corrected chi connectivity index (χ4v) is 2.98. The first-order chi connectivity index (χ1) is 13.5. The lowest BCUT2D eigenvalue weighted by Gasteiger charge is -2.05. The van der Waals surface area contributed by atoms with Crippen molar-refractivity contribution in [1.82, 2.24) is 5.16 Å². The number of hydrogen-bond acceptors (Lipinski definition) is 3. The molecule has 4 rings (SSSR count). The Bertz CT molecular complexity index is 1070. The van der Waals surface area contributed by atoms with E-state index in [0.717, 1.165) is 0 Å². The van der Waals surface area contributed by atoms with Gasteiger partial charge in [0.25, 0.3) is 0 Å². The molecule has 0 aliphatic carbocycles. The van der Waals surface area contributed by atoms with Crippen molar-refractivity contribution < 1.29 is 18.1 Å². The Kier molecular flexibility index (Phi) is 4.75. The van der Waals surface area contributed by atoms with E-state index in [2.05, 4.69) is 5.16 Å². The van der Waals surface area contributed by atoms with Crippen LogP contribution in [0.1, 0.15) is 15.9 Å². The number of carbonyl (C=O) groups excluding carboxylic acids is 1. The van der Waals surface area contributed by atoms with Crippen molar-refractivity contribution in [3.05, 3.63) is 101 Å². The number of ketones is 1.